The number of fused-ring (bicyclic) bond motifs is 1. The van der Waals surface area contributed by atoms with Crippen LogP contribution in [0.2, 0.25) is 0 Å². The number of halogens is 1. The third kappa shape index (κ3) is 3.00. The Bertz CT molecular complexity index is 1250. The minimum atomic E-state index is -0.685. The predicted molar refractivity (Wildman–Crippen MR) is 103 cm³/mol. The zero-order chi connectivity index (χ0) is 20.7. The fourth-order valence-electron chi connectivity index (χ4n) is 3.11. The molecule has 0 radical (unpaired) electrons. The lowest BCUT2D eigenvalue weighted by atomic mass is 10.1. The molecule has 7 nitrogen and oxygen atoms in total. The zero-order valence-electron chi connectivity index (χ0n) is 15.1. The number of phenols is 3. The molecule has 3 aromatic carbocycles. The molecule has 29 heavy (non-hydrogen) atoms. The van der Waals surface area contributed by atoms with E-state index in [1.807, 2.05) is 0 Å². The topological polar surface area (TPSA) is 105 Å². The van der Waals surface area contributed by atoms with Crippen molar-refractivity contribution in [2.75, 3.05) is 7.11 Å². The maximum Gasteiger partial charge on any atom is 0.337 e. The zero-order valence-corrected chi connectivity index (χ0v) is 15.1. The molecule has 1 heterocycles. The second kappa shape index (κ2) is 6.83. The summed E-state index contributed by atoms with van der Waals surface area (Å²) in [6, 6.07) is 13.0. The molecular formula is C21H15FN2O5. The number of benzene rings is 3. The van der Waals surface area contributed by atoms with Gasteiger partial charge in [-0.3, -0.25) is 4.57 Å². The molecule has 0 aliphatic carbocycles. The van der Waals surface area contributed by atoms with Gasteiger partial charge in [0.2, 0.25) is 5.75 Å². The van der Waals surface area contributed by atoms with Gasteiger partial charge in [0, 0.05) is 5.69 Å². The van der Waals surface area contributed by atoms with E-state index in [9.17, 15) is 24.5 Å². The predicted octanol–water partition coefficient (Wildman–Crippen LogP) is 3.74. The van der Waals surface area contributed by atoms with Crippen LogP contribution >= 0.6 is 0 Å². The third-order valence-corrected chi connectivity index (χ3v) is 4.53. The monoisotopic (exact) mass is 394 g/mol. The van der Waals surface area contributed by atoms with Crippen LogP contribution in [0.4, 0.5) is 4.39 Å². The van der Waals surface area contributed by atoms with Crippen LogP contribution in [0, 0.1) is 5.82 Å². The lowest BCUT2D eigenvalue weighted by Crippen LogP contribution is -2.01. The summed E-state index contributed by atoms with van der Waals surface area (Å²) in [4.78, 5) is 16.4. The lowest BCUT2D eigenvalue weighted by molar-refractivity contribution is 0.0601. The molecule has 0 amide bonds. The Morgan fingerprint density at radius 2 is 1.72 bits per heavy atom. The Hall–Kier alpha value is -4.07. The number of imidazole rings is 1. The molecule has 4 rings (SSSR count). The normalized spacial score (nSPS) is 11.0. The van der Waals surface area contributed by atoms with E-state index in [-0.39, 0.29) is 17.0 Å². The first-order valence-electron chi connectivity index (χ1n) is 8.51. The van der Waals surface area contributed by atoms with E-state index in [0.29, 0.717) is 16.7 Å². The minimum absolute atomic E-state index is 0.139. The van der Waals surface area contributed by atoms with Crippen LogP contribution < -0.4 is 0 Å². The first-order chi connectivity index (χ1) is 13.9. The summed E-state index contributed by atoms with van der Waals surface area (Å²) in [6.07, 6.45) is 0. The minimum Gasteiger partial charge on any atom is -0.504 e. The molecule has 4 aromatic rings. The number of aromatic nitrogens is 2. The smallest absolute Gasteiger partial charge is 0.337 e. The highest BCUT2D eigenvalue weighted by atomic mass is 19.1. The highest BCUT2D eigenvalue weighted by Gasteiger charge is 2.21. The number of nitrogens with zero attached hydrogens (tertiary/aromatic N) is 2. The number of rotatable bonds is 3. The Morgan fingerprint density at radius 3 is 2.41 bits per heavy atom. The van der Waals surface area contributed by atoms with Gasteiger partial charge in [0.05, 0.1) is 29.3 Å². The Morgan fingerprint density at radius 1 is 1.00 bits per heavy atom. The van der Waals surface area contributed by atoms with Crippen molar-refractivity contribution in [3.8, 4) is 34.3 Å². The van der Waals surface area contributed by atoms with Crippen LogP contribution in [0.5, 0.6) is 17.2 Å². The van der Waals surface area contributed by atoms with Gasteiger partial charge in [-0.2, -0.15) is 0 Å². The maximum absolute atomic E-state index is 13.4. The van der Waals surface area contributed by atoms with Gasteiger partial charge in [0.25, 0.3) is 0 Å². The van der Waals surface area contributed by atoms with Crippen molar-refractivity contribution in [1.29, 1.82) is 0 Å². The number of esters is 1. The van der Waals surface area contributed by atoms with Gasteiger partial charge in [-0.15, -0.1) is 0 Å². The first kappa shape index (κ1) is 18.3. The molecule has 3 N–H and O–H groups in total. The van der Waals surface area contributed by atoms with Crippen molar-refractivity contribution in [1.82, 2.24) is 9.55 Å². The van der Waals surface area contributed by atoms with E-state index in [4.69, 9.17) is 4.74 Å². The van der Waals surface area contributed by atoms with Crippen LogP contribution in [0.1, 0.15) is 10.4 Å². The molecule has 0 aliphatic heterocycles. The van der Waals surface area contributed by atoms with Crippen LogP contribution in [0.25, 0.3) is 28.1 Å². The van der Waals surface area contributed by atoms with Gasteiger partial charge in [0.15, 0.2) is 11.5 Å². The van der Waals surface area contributed by atoms with Crippen LogP contribution in [-0.4, -0.2) is 37.9 Å². The first-order valence-corrected chi connectivity index (χ1v) is 8.51. The summed E-state index contributed by atoms with van der Waals surface area (Å²) in [6.45, 7) is 0. The fraction of sp³-hybridized carbons (Fsp3) is 0.0476. The van der Waals surface area contributed by atoms with Gasteiger partial charge in [-0.1, -0.05) is 0 Å². The van der Waals surface area contributed by atoms with Crippen molar-refractivity contribution >= 4 is 17.0 Å². The molecule has 0 spiro atoms. The van der Waals surface area contributed by atoms with E-state index in [1.54, 1.807) is 16.7 Å². The maximum atomic E-state index is 13.4. The number of carbonyl (C=O) groups is 1. The summed E-state index contributed by atoms with van der Waals surface area (Å²) in [7, 11) is 1.27. The number of phenolic OH excluding ortho intramolecular Hbond substituents is 3. The van der Waals surface area contributed by atoms with Gasteiger partial charge >= 0.3 is 5.97 Å². The van der Waals surface area contributed by atoms with Crippen molar-refractivity contribution in [2.45, 2.75) is 0 Å². The Kier molecular flexibility index (Phi) is 4.31. The standard InChI is InChI=1S/C21H15FN2O5/c1-29-21(28)11-2-8-16-15(10-11)23-20(14-7-9-17(25)19(27)18(14)26)24(16)13-5-3-12(22)4-6-13/h2-10,25-27H,1H3. The number of hydrogen-bond acceptors (Lipinski definition) is 6. The molecule has 0 saturated carbocycles. The SMILES string of the molecule is COC(=O)c1ccc2c(c1)nc(-c1ccc(O)c(O)c1O)n2-c1ccc(F)cc1. The highest BCUT2D eigenvalue weighted by molar-refractivity contribution is 5.95. The lowest BCUT2D eigenvalue weighted by Gasteiger charge is -2.12. The molecule has 1 aromatic heterocycles. The third-order valence-electron chi connectivity index (χ3n) is 4.53. The summed E-state index contributed by atoms with van der Waals surface area (Å²) in [5, 5.41) is 29.9. The van der Waals surface area contributed by atoms with Crippen LogP contribution in [0.15, 0.2) is 54.6 Å². The molecule has 0 unspecified atom stereocenters. The highest BCUT2D eigenvalue weighted by Crippen LogP contribution is 2.43. The van der Waals surface area contributed by atoms with Gasteiger partial charge in [-0.05, 0) is 54.6 Å². The largest absolute Gasteiger partial charge is 0.504 e. The summed E-state index contributed by atoms with van der Waals surface area (Å²) in [5.74, 6) is -2.45. The van der Waals surface area contributed by atoms with E-state index in [2.05, 4.69) is 4.98 Å². The Balaban J connectivity index is 2.04. The number of hydrogen-bond donors (Lipinski definition) is 3. The van der Waals surface area contributed by atoms with Crippen molar-refractivity contribution in [2.24, 2.45) is 0 Å². The van der Waals surface area contributed by atoms with Gasteiger partial charge in [-0.25, -0.2) is 14.2 Å². The average molecular weight is 394 g/mol. The molecule has 0 bridgehead atoms. The van der Waals surface area contributed by atoms with Gasteiger partial charge < -0.3 is 20.1 Å². The molecule has 0 atom stereocenters. The quantitative estimate of drug-likeness (QED) is 0.361. The second-order valence-electron chi connectivity index (χ2n) is 6.27. The van der Waals surface area contributed by atoms with Gasteiger partial charge in [0.1, 0.15) is 11.6 Å². The molecule has 0 saturated heterocycles. The van der Waals surface area contributed by atoms with Crippen LogP contribution in [0.3, 0.4) is 0 Å². The number of aromatic hydroxyl groups is 3. The van der Waals surface area contributed by atoms with E-state index < -0.39 is 29.0 Å². The fourth-order valence-corrected chi connectivity index (χ4v) is 3.11. The number of methoxy groups -OCH3 is 1. The average Bonchev–Trinajstić information content (AvgIpc) is 3.10. The van der Waals surface area contributed by atoms with Crippen LogP contribution in [-0.2, 0) is 4.74 Å². The number of ether oxygens (including phenoxy) is 1. The van der Waals surface area contributed by atoms with Crippen molar-refractivity contribution in [3.05, 3.63) is 66.0 Å². The van der Waals surface area contributed by atoms with E-state index in [1.165, 1.54) is 49.6 Å². The molecule has 0 aliphatic rings. The van der Waals surface area contributed by atoms with E-state index >= 15 is 0 Å². The second-order valence-corrected chi connectivity index (χ2v) is 6.27. The molecule has 146 valence electrons. The van der Waals surface area contributed by atoms with Crippen molar-refractivity contribution in [3.63, 3.8) is 0 Å². The Labute approximate surface area is 163 Å². The summed E-state index contributed by atoms with van der Waals surface area (Å²) >= 11 is 0. The summed E-state index contributed by atoms with van der Waals surface area (Å²) in [5.41, 5.74) is 1.96. The van der Waals surface area contributed by atoms with Crippen molar-refractivity contribution < 1.29 is 29.2 Å². The molecule has 8 heteroatoms. The number of carbonyl (C=O) groups excluding carboxylic acids is 1. The van der Waals surface area contributed by atoms with E-state index in [0.717, 1.165) is 0 Å². The molecular weight excluding hydrogens is 379 g/mol. The molecule has 0 fully saturated rings. The summed E-state index contributed by atoms with van der Waals surface area (Å²) < 4.78 is 19.8.